The molecule has 0 saturated carbocycles. The predicted octanol–water partition coefficient (Wildman–Crippen LogP) is 1.75. The molecule has 4 N–H and O–H groups in total. The van der Waals surface area contributed by atoms with Gasteiger partial charge >= 0.3 is 0 Å². The van der Waals surface area contributed by atoms with Crippen LogP contribution in [0.5, 0.6) is 0 Å². The molecule has 1 aromatic carbocycles. The lowest BCUT2D eigenvalue weighted by molar-refractivity contribution is 0.0954. The van der Waals surface area contributed by atoms with Gasteiger partial charge in [0.15, 0.2) is 0 Å². The minimum Gasteiger partial charge on any atom is -0.384 e. The van der Waals surface area contributed by atoms with Gasteiger partial charge in [-0.2, -0.15) is 0 Å². The van der Waals surface area contributed by atoms with Crippen molar-refractivity contribution in [2.75, 3.05) is 11.9 Å². The number of nitrogens with one attached hydrogen (secondary N) is 2. The number of anilines is 1. The van der Waals surface area contributed by atoms with Crippen molar-refractivity contribution in [3.63, 3.8) is 0 Å². The lowest BCUT2D eigenvalue weighted by Gasteiger charge is -2.11. The molecule has 0 aliphatic heterocycles. The zero-order chi connectivity index (χ0) is 12.0. The van der Waals surface area contributed by atoms with Crippen molar-refractivity contribution in [1.82, 2.24) is 5.43 Å². The fraction of sp³-hybridized carbons (Fsp3) is 0.417. The van der Waals surface area contributed by atoms with Crippen LogP contribution in [0.15, 0.2) is 24.3 Å². The van der Waals surface area contributed by atoms with Crippen molar-refractivity contribution >= 4 is 11.6 Å². The van der Waals surface area contributed by atoms with E-state index < -0.39 is 0 Å². The summed E-state index contributed by atoms with van der Waals surface area (Å²) in [7, 11) is 0. The second-order valence-electron chi connectivity index (χ2n) is 4.13. The van der Waals surface area contributed by atoms with E-state index >= 15 is 0 Å². The number of carbonyl (C=O) groups excluding carboxylic acids is 1. The second kappa shape index (κ2) is 6.12. The van der Waals surface area contributed by atoms with E-state index in [0.717, 1.165) is 18.7 Å². The largest absolute Gasteiger partial charge is 0.384 e. The van der Waals surface area contributed by atoms with E-state index in [9.17, 15) is 4.79 Å². The highest BCUT2D eigenvalue weighted by Crippen LogP contribution is 2.15. The number of nitrogens with two attached hydrogens (primary N) is 1. The molecule has 0 fully saturated rings. The molecule has 0 spiro atoms. The average molecular weight is 221 g/mol. The lowest BCUT2D eigenvalue weighted by atomic mass is 10.1. The second-order valence-corrected chi connectivity index (χ2v) is 4.13. The Morgan fingerprint density at radius 1 is 1.38 bits per heavy atom. The quantitative estimate of drug-likeness (QED) is 0.403. The van der Waals surface area contributed by atoms with Gasteiger partial charge in [0.05, 0.1) is 5.56 Å². The predicted molar refractivity (Wildman–Crippen MR) is 66.0 cm³/mol. The molecule has 4 nitrogen and oxygen atoms in total. The summed E-state index contributed by atoms with van der Waals surface area (Å²) in [5, 5.41) is 3.24. The van der Waals surface area contributed by atoms with Crippen LogP contribution in [0, 0.1) is 5.92 Å². The first-order valence-corrected chi connectivity index (χ1v) is 5.49. The van der Waals surface area contributed by atoms with Gasteiger partial charge in [-0.25, -0.2) is 5.84 Å². The molecule has 0 aromatic heterocycles. The minimum atomic E-state index is -0.271. The number of para-hydroxylation sites is 1. The molecular weight excluding hydrogens is 202 g/mol. The third kappa shape index (κ3) is 3.55. The zero-order valence-electron chi connectivity index (χ0n) is 9.79. The van der Waals surface area contributed by atoms with Gasteiger partial charge in [0.25, 0.3) is 5.91 Å². The Kier molecular flexibility index (Phi) is 4.79. The Labute approximate surface area is 96.2 Å². The van der Waals surface area contributed by atoms with Crippen molar-refractivity contribution in [2.24, 2.45) is 11.8 Å². The lowest BCUT2D eigenvalue weighted by Crippen LogP contribution is -2.30. The van der Waals surface area contributed by atoms with Gasteiger partial charge in [-0.1, -0.05) is 26.0 Å². The molecular formula is C12H19N3O. The Morgan fingerprint density at radius 2 is 2.06 bits per heavy atom. The van der Waals surface area contributed by atoms with Gasteiger partial charge in [0, 0.05) is 12.2 Å². The van der Waals surface area contributed by atoms with E-state index in [1.165, 1.54) is 0 Å². The zero-order valence-corrected chi connectivity index (χ0v) is 9.79. The van der Waals surface area contributed by atoms with Crippen LogP contribution in [0.1, 0.15) is 30.6 Å². The Morgan fingerprint density at radius 3 is 2.69 bits per heavy atom. The molecule has 0 saturated heterocycles. The summed E-state index contributed by atoms with van der Waals surface area (Å²) in [6.07, 6.45) is 1.07. The maximum atomic E-state index is 11.5. The molecule has 0 heterocycles. The highest BCUT2D eigenvalue weighted by Gasteiger charge is 2.08. The van der Waals surface area contributed by atoms with Crippen molar-refractivity contribution in [3.8, 4) is 0 Å². The summed E-state index contributed by atoms with van der Waals surface area (Å²) in [4.78, 5) is 11.5. The molecule has 4 heteroatoms. The van der Waals surface area contributed by atoms with Gasteiger partial charge < -0.3 is 5.32 Å². The minimum absolute atomic E-state index is 0.271. The molecule has 0 aliphatic rings. The summed E-state index contributed by atoms with van der Waals surface area (Å²) in [5.41, 5.74) is 3.54. The molecule has 1 rings (SSSR count). The summed E-state index contributed by atoms with van der Waals surface area (Å²) in [5.74, 6) is 5.49. The molecule has 0 bridgehead atoms. The fourth-order valence-electron chi connectivity index (χ4n) is 1.41. The van der Waals surface area contributed by atoms with Crippen LogP contribution in [-0.2, 0) is 0 Å². The molecule has 0 aliphatic carbocycles. The highest BCUT2D eigenvalue weighted by atomic mass is 16.2. The van der Waals surface area contributed by atoms with E-state index in [2.05, 4.69) is 24.6 Å². The fourth-order valence-corrected chi connectivity index (χ4v) is 1.41. The Balaban J connectivity index is 2.67. The number of hydrazine groups is 1. The molecule has 16 heavy (non-hydrogen) atoms. The Bertz CT molecular complexity index is 350. The summed E-state index contributed by atoms with van der Waals surface area (Å²) in [6, 6.07) is 7.34. The summed E-state index contributed by atoms with van der Waals surface area (Å²) >= 11 is 0. The SMILES string of the molecule is CC(C)CCNc1ccccc1C(=O)NN. The van der Waals surface area contributed by atoms with Crippen molar-refractivity contribution in [2.45, 2.75) is 20.3 Å². The van der Waals surface area contributed by atoms with Crippen molar-refractivity contribution < 1.29 is 4.79 Å². The smallest absolute Gasteiger partial charge is 0.267 e. The molecule has 1 amide bonds. The first kappa shape index (κ1) is 12.5. The maximum Gasteiger partial charge on any atom is 0.267 e. The van der Waals surface area contributed by atoms with Gasteiger partial charge in [-0.15, -0.1) is 0 Å². The van der Waals surface area contributed by atoms with Gasteiger partial charge in [0.1, 0.15) is 0 Å². The molecule has 0 radical (unpaired) electrons. The molecule has 88 valence electrons. The van der Waals surface area contributed by atoms with Gasteiger partial charge in [-0.3, -0.25) is 10.2 Å². The third-order valence-electron chi connectivity index (χ3n) is 2.34. The maximum absolute atomic E-state index is 11.5. The van der Waals surface area contributed by atoms with Gasteiger partial charge in [-0.05, 0) is 24.5 Å². The van der Waals surface area contributed by atoms with Crippen LogP contribution in [0.25, 0.3) is 0 Å². The normalized spacial score (nSPS) is 10.2. The van der Waals surface area contributed by atoms with Crippen LogP contribution in [0.3, 0.4) is 0 Å². The Hall–Kier alpha value is -1.55. The number of carbonyl (C=O) groups is 1. The average Bonchev–Trinajstić information content (AvgIpc) is 2.28. The van der Waals surface area contributed by atoms with Crippen LogP contribution >= 0.6 is 0 Å². The number of benzene rings is 1. The van der Waals surface area contributed by atoms with Crippen molar-refractivity contribution in [1.29, 1.82) is 0 Å². The van der Waals surface area contributed by atoms with Crippen LogP contribution in [-0.4, -0.2) is 12.5 Å². The van der Waals surface area contributed by atoms with E-state index in [0.29, 0.717) is 11.5 Å². The number of hydrogen-bond donors (Lipinski definition) is 3. The first-order chi connectivity index (χ1) is 7.65. The molecule has 1 aromatic rings. The third-order valence-corrected chi connectivity index (χ3v) is 2.34. The highest BCUT2D eigenvalue weighted by molar-refractivity contribution is 5.99. The first-order valence-electron chi connectivity index (χ1n) is 5.49. The number of hydrogen-bond acceptors (Lipinski definition) is 3. The van der Waals surface area contributed by atoms with E-state index in [1.54, 1.807) is 6.07 Å². The standard InChI is InChI=1S/C12H19N3O/c1-9(2)7-8-14-11-6-4-3-5-10(11)12(16)15-13/h3-6,9,14H,7-8,13H2,1-2H3,(H,15,16). The summed E-state index contributed by atoms with van der Waals surface area (Å²) < 4.78 is 0. The van der Waals surface area contributed by atoms with E-state index in [4.69, 9.17) is 5.84 Å². The number of nitrogen functional groups attached to an aromatic ring is 1. The van der Waals surface area contributed by atoms with Crippen LogP contribution in [0.4, 0.5) is 5.69 Å². The van der Waals surface area contributed by atoms with E-state index in [-0.39, 0.29) is 5.91 Å². The van der Waals surface area contributed by atoms with Crippen LogP contribution in [0.2, 0.25) is 0 Å². The van der Waals surface area contributed by atoms with Crippen molar-refractivity contribution in [3.05, 3.63) is 29.8 Å². The number of rotatable bonds is 5. The molecule has 0 unspecified atom stereocenters. The van der Waals surface area contributed by atoms with E-state index in [1.807, 2.05) is 18.2 Å². The molecule has 0 atom stereocenters. The summed E-state index contributed by atoms with van der Waals surface area (Å²) in [6.45, 7) is 5.19. The monoisotopic (exact) mass is 221 g/mol. The number of amides is 1. The van der Waals surface area contributed by atoms with Crippen LogP contribution < -0.4 is 16.6 Å². The van der Waals surface area contributed by atoms with Gasteiger partial charge in [0.2, 0.25) is 0 Å². The topological polar surface area (TPSA) is 67.2 Å².